The Morgan fingerprint density at radius 2 is 1.97 bits per heavy atom. The molecule has 0 spiro atoms. The van der Waals surface area contributed by atoms with Crippen LogP contribution in [0.2, 0.25) is 0 Å². The van der Waals surface area contributed by atoms with E-state index in [4.69, 9.17) is 4.74 Å². The Labute approximate surface area is 174 Å². The van der Waals surface area contributed by atoms with Crippen LogP contribution in [0, 0.1) is 0 Å². The Hall–Kier alpha value is -2.97. The summed E-state index contributed by atoms with van der Waals surface area (Å²) in [6, 6.07) is 11.4. The van der Waals surface area contributed by atoms with Crippen LogP contribution in [0.5, 0.6) is 0 Å². The van der Waals surface area contributed by atoms with Gasteiger partial charge >= 0.3 is 0 Å². The van der Waals surface area contributed by atoms with Crippen LogP contribution >= 0.6 is 11.8 Å². The van der Waals surface area contributed by atoms with Crippen molar-refractivity contribution >= 4 is 17.7 Å². The standard InChI is InChI=1S/C21H23N5O2S/c1-3-13-26-19(17-8-10-22-11-9-17)24-25-21(26)29-15-16-4-6-18(7-5-16)20(27)23-12-14-28-2/h3-11H,1,12-15H2,2H3,(H,23,27). The minimum Gasteiger partial charge on any atom is -0.383 e. The number of thioether (sulfide) groups is 1. The summed E-state index contributed by atoms with van der Waals surface area (Å²) in [6.45, 7) is 5.44. The number of nitrogens with one attached hydrogen (secondary N) is 1. The summed E-state index contributed by atoms with van der Waals surface area (Å²) in [7, 11) is 1.61. The summed E-state index contributed by atoms with van der Waals surface area (Å²) in [6.07, 6.45) is 5.30. The van der Waals surface area contributed by atoms with Crippen molar-refractivity contribution < 1.29 is 9.53 Å². The maximum atomic E-state index is 12.1. The van der Waals surface area contributed by atoms with E-state index in [0.29, 0.717) is 25.3 Å². The van der Waals surface area contributed by atoms with E-state index >= 15 is 0 Å². The Kier molecular flexibility index (Phi) is 7.54. The molecule has 2 heterocycles. The van der Waals surface area contributed by atoms with Gasteiger partial charge in [-0.15, -0.1) is 16.8 Å². The maximum Gasteiger partial charge on any atom is 0.251 e. The second-order valence-electron chi connectivity index (χ2n) is 6.18. The van der Waals surface area contributed by atoms with Gasteiger partial charge in [-0.25, -0.2) is 0 Å². The number of rotatable bonds is 10. The van der Waals surface area contributed by atoms with Crippen LogP contribution in [0.15, 0.2) is 66.6 Å². The average molecular weight is 410 g/mol. The highest BCUT2D eigenvalue weighted by Crippen LogP contribution is 2.26. The van der Waals surface area contributed by atoms with E-state index in [0.717, 1.165) is 27.9 Å². The monoisotopic (exact) mass is 409 g/mol. The van der Waals surface area contributed by atoms with E-state index in [1.165, 1.54) is 0 Å². The van der Waals surface area contributed by atoms with E-state index in [2.05, 4.69) is 27.1 Å². The highest BCUT2D eigenvalue weighted by atomic mass is 32.2. The molecule has 2 aromatic heterocycles. The second-order valence-corrected chi connectivity index (χ2v) is 7.12. The van der Waals surface area contributed by atoms with Crippen LogP contribution in [-0.2, 0) is 17.0 Å². The van der Waals surface area contributed by atoms with Crippen molar-refractivity contribution in [1.29, 1.82) is 0 Å². The Balaban J connectivity index is 1.66. The van der Waals surface area contributed by atoms with Gasteiger partial charge < -0.3 is 10.1 Å². The number of methoxy groups -OCH3 is 1. The highest BCUT2D eigenvalue weighted by Gasteiger charge is 2.13. The number of ether oxygens (including phenoxy) is 1. The Morgan fingerprint density at radius 3 is 2.66 bits per heavy atom. The topological polar surface area (TPSA) is 81.9 Å². The summed E-state index contributed by atoms with van der Waals surface area (Å²) >= 11 is 1.60. The first-order valence-electron chi connectivity index (χ1n) is 9.16. The fourth-order valence-corrected chi connectivity index (χ4v) is 3.58. The SMILES string of the molecule is C=CCn1c(SCc2ccc(C(=O)NCCOC)cc2)nnc1-c1ccncc1. The van der Waals surface area contributed by atoms with Gasteiger partial charge in [0.05, 0.1) is 6.61 Å². The molecule has 0 atom stereocenters. The third-order valence-corrected chi connectivity index (χ3v) is 5.18. The number of aromatic nitrogens is 4. The number of amides is 1. The lowest BCUT2D eigenvalue weighted by atomic mass is 10.1. The molecule has 0 radical (unpaired) electrons. The van der Waals surface area contributed by atoms with Gasteiger partial charge in [-0.3, -0.25) is 14.3 Å². The van der Waals surface area contributed by atoms with Gasteiger partial charge in [0.25, 0.3) is 5.91 Å². The number of hydrogen-bond donors (Lipinski definition) is 1. The van der Waals surface area contributed by atoms with Gasteiger partial charge in [0.2, 0.25) is 0 Å². The van der Waals surface area contributed by atoms with Gasteiger partial charge in [0, 0.05) is 49.5 Å². The minimum atomic E-state index is -0.103. The van der Waals surface area contributed by atoms with Crippen molar-refractivity contribution in [2.24, 2.45) is 0 Å². The van der Waals surface area contributed by atoms with E-state index in [9.17, 15) is 4.79 Å². The maximum absolute atomic E-state index is 12.1. The second kappa shape index (κ2) is 10.5. The molecule has 0 fully saturated rings. The van der Waals surface area contributed by atoms with Gasteiger partial charge in [-0.2, -0.15) is 0 Å². The average Bonchev–Trinajstić information content (AvgIpc) is 3.16. The van der Waals surface area contributed by atoms with E-state index in [1.807, 2.05) is 47.0 Å². The van der Waals surface area contributed by atoms with E-state index in [-0.39, 0.29) is 5.91 Å². The lowest BCUT2D eigenvalue weighted by Gasteiger charge is -2.08. The van der Waals surface area contributed by atoms with Crippen LogP contribution in [0.3, 0.4) is 0 Å². The third-order valence-electron chi connectivity index (χ3n) is 4.14. The van der Waals surface area contributed by atoms with Crippen LogP contribution in [-0.4, -0.2) is 45.9 Å². The molecule has 0 saturated carbocycles. The number of hydrogen-bond acceptors (Lipinski definition) is 6. The molecular weight excluding hydrogens is 386 g/mol. The lowest BCUT2D eigenvalue weighted by molar-refractivity contribution is 0.0937. The molecule has 0 bridgehead atoms. The summed E-state index contributed by atoms with van der Waals surface area (Å²) < 4.78 is 6.97. The van der Waals surface area contributed by atoms with Gasteiger partial charge in [0.15, 0.2) is 11.0 Å². The molecule has 1 N–H and O–H groups in total. The van der Waals surface area contributed by atoms with Crippen LogP contribution in [0.4, 0.5) is 0 Å². The molecule has 150 valence electrons. The zero-order chi connectivity index (χ0) is 20.5. The fraction of sp³-hybridized carbons (Fsp3) is 0.238. The Morgan fingerprint density at radius 1 is 1.21 bits per heavy atom. The summed E-state index contributed by atoms with van der Waals surface area (Å²) in [5, 5.41) is 12.3. The summed E-state index contributed by atoms with van der Waals surface area (Å²) in [5.74, 6) is 1.41. The van der Waals surface area contributed by atoms with Crippen LogP contribution in [0.1, 0.15) is 15.9 Å². The minimum absolute atomic E-state index is 0.103. The van der Waals surface area contributed by atoms with Crippen LogP contribution < -0.4 is 5.32 Å². The Bertz CT molecular complexity index is 941. The number of pyridine rings is 1. The quantitative estimate of drug-likeness (QED) is 0.315. The first kappa shape index (κ1) is 20.8. The number of allylic oxidation sites excluding steroid dienone is 1. The molecule has 0 aliphatic heterocycles. The summed E-state index contributed by atoms with van der Waals surface area (Å²) in [4.78, 5) is 16.1. The molecule has 0 saturated heterocycles. The predicted octanol–water partition coefficient (Wildman–Crippen LogP) is 3.19. The number of carbonyl (C=O) groups is 1. The third kappa shape index (κ3) is 5.52. The molecular formula is C21H23N5O2S. The fourth-order valence-electron chi connectivity index (χ4n) is 2.67. The molecule has 0 aliphatic carbocycles. The van der Waals surface area contributed by atoms with E-state index < -0.39 is 0 Å². The van der Waals surface area contributed by atoms with Crippen molar-refractivity contribution in [1.82, 2.24) is 25.1 Å². The smallest absolute Gasteiger partial charge is 0.251 e. The van der Waals surface area contributed by atoms with Gasteiger partial charge in [-0.05, 0) is 29.8 Å². The van der Waals surface area contributed by atoms with Crippen LogP contribution in [0.25, 0.3) is 11.4 Å². The molecule has 0 aliphatic rings. The normalized spacial score (nSPS) is 10.7. The number of benzene rings is 1. The molecule has 1 amide bonds. The molecule has 7 nitrogen and oxygen atoms in total. The zero-order valence-electron chi connectivity index (χ0n) is 16.2. The summed E-state index contributed by atoms with van der Waals surface area (Å²) in [5.41, 5.74) is 2.69. The first-order valence-corrected chi connectivity index (χ1v) is 10.1. The molecule has 29 heavy (non-hydrogen) atoms. The molecule has 8 heteroatoms. The highest BCUT2D eigenvalue weighted by molar-refractivity contribution is 7.98. The molecule has 0 unspecified atom stereocenters. The lowest BCUT2D eigenvalue weighted by Crippen LogP contribution is -2.26. The van der Waals surface area contributed by atoms with E-state index in [1.54, 1.807) is 31.3 Å². The van der Waals surface area contributed by atoms with Crippen molar-refractivity contribution in [3.8, 4) is 11.4 Å². The molecule has 3 rings (SSSR count). The van der Waals surface area contributed by atoms with Crippen molar-refractivity contribution in [2.45, 2.75) is 17.5 Å². The van der Waals surface area contributed by atoms with Crippen molar-refractivity contribution in [3.05, 3.63) is 72.6 Å². The first-order chi connectivity index (χ1) is 14.2. The molecule has 3 aromatic rings. The largest absolute Gasteiger partial charge is 0.383 e. The number of carbonyl (C=O) groups excluding carboxylic acids is 1. The zero-order valence-corrected chi connectivity index (χ0v) is 17.1. The van der Waals surface area contributed by atoms with Crippen molar-refractivity contribution in [2.75, 3.05) is 20.3 Å². The predicted molar refractivity (Wildman–Crippen MR) is 114 cm³/mol. The van der Waals surface area contributed by atoms with Crippen molar-refractivity contribution in [3.63, 3.8) is 0 Å². The van der Waals surface area contributed by atoms with Gasteiger partial charge in [-0.1, -0.05) is 30.0 Å². The van der Waals surface area contributed by atoms with Gasteiger partial charge in [0.1, 0.15) is 0 Å². The molecule has 1 aromatic carbocycles. The number of nitrogens with zero attached hydrogens (tertiary/aromatic N) is 4.